The van der Waals surface area contributed by atoms with E-state index in [2.05, 4.69) is 147 Å². The van der Waals surface area contributed by atoms with Gasteiger partial charge in [0.1, 0.15) is 11.2 Å². The predicted octanol–water partition coefficient (Wildman–Crippen LogP) is 12.0. The van der Waals surface area contributed by atoms with E-state index in [0.717, 1.165) is 66.5 Å². The highest BCUT2D eigenvalue weighted by Crippen LogP contribution is 2.43. The summed E-state index contributed by atoms with van der Waals surface area (Å²) < 4.78 is 11.0. The molecule has 218 valence electrons. The van der Waals surface area contributed by atoms with Crippen molar-refractivity contribution < 1.29 is 4.42 Å². The van der Waals surface area contributed by atoms with Crippen LogP contribution in [0.15, 0.2) is 156 Å². The second kappa shape index (κ2) is 9.71. The Morgan fingerprint density at radius 3 is 1.79 bits per heavy atom. The number of furan rings is 1. The molecule has 10 rings (SSSR count). The van der Waals surface area contributed by atoms with Gasteiger partial charge in [0, 0.05) is 32.5 Å². The second-order valence-electron chi connectivity index (χ2n) is 12.0. The smallest absolute Gasteiger partial charge is 0.211 e. The quantitative estimate of drug-likeness (QED) is 0.186. The standard InChI is InChI=1S/C43H25N3O/c1-44-34-26-27(22-24-39(34)45-36-18-8-3-13-29(36)30-14-4-9-19-37(30)45)28-12-2-7-17-35(28)46-38-20-10-5-15-31(38)32-23-25-41-42(43(32)46)33-16-6-11-21-40(33)47-41/h2-26H. The molecule has 4 nitrogen and oxygen atoms in total. The molecule has 0 saturated carbocycles. The number of aromatic nitrogens is 2. The van der Waals surface area contributed by atoms with Crippen molar-refractivity contribution in [3.63, 3.8) is 0 Å². The van der Waals surface area contributed by atoms with Gasteiger partial charge in [0.25, 0.3) is 0 Å². The highest BCUT2D eigenvalue weighted by Gasteiger charge is 2.21. The Morgan fingerprint density at radius 1 is 0.468 bits per heavy atom. The molecule has 0 unspecified atom stereocenters. The molecule has 0 fully saturated rings. The summed E-state index contributed by atoms with van der Waals surface area (Å²) in [5, 5.41) is 6.93. The zero-order chi connectivity index (χ0) is 31.1. The molecule has 4 heteroatoms. The van der Waals surface area contributed by atoms with Gasteiger partial charge in [-0.05, 0) is 60.2 Å². The minimum Gasteiger partial charge on any atom is -0.456 e. The van der Waals surface area contributed by atoms with Crippen LogP contribution in [0.5, 0.6) is 0 Å². The third kappa shape index (κ3) is 3.57. The molecule has 0 radical (unpaired) electrons. The van der Waals surface area contributed by atoms with Crippen LogP contribution >= 0.6 is 0 Å². The normalized spacial score (nSPS) is 11.8. The van der Waals surface area contributed by atoms with Crippen molar-refractivity contribution in [1.29, 1.82) is 0 Å². The zero-order valence-corrected chi connectivity index (χ0v) is 25.2. The van der Waals surface area contributed by atoms with Gasteiger partial charge in [-0.25, -0.2) is 4.85 Å². The lowest BCUT2D eigenvalue weighted by Gasteiger charge is -2.16. The number of rotatable bonds is 3. The van der Waals surface area contributed by atoms with Gasteiger partial charge in [-0.15, -0.1) is 0 Å². The molecule has 0 bridgehead atoms. The fourth-order valence-electron chi connectivity index (χ4n) is 7.58. The van der Waals surface area contributed by atoms with Crippen molar-refractivity contribution >= 4 is 71.2 Å². The molecule has 0 atom stereocenters. The van der Waals surface area contributed by atoms with E-state index in [0.29, 0.717) is 5.69 Å². The number of nitrogens with zero attached hydrogens (tertiary/aromatic N) is 3. The first kappa shape index (κ1) is 25.7. The molecule has 0 amide bonds. The van der Waals surface area contributed by atoms with Crippen LogP contribution in [0.25, 0.3) is 92.9 Å². The lowest BCUT2D eigenvalue weighted by atomic mass is 10.0. The molecule has 0 aliphatic heterocycles. The van der Waals surface area contributed by atoms with E-state index in [9.17, 15) is 0 Å². The van der Waals surface area contributed by atoms with Gasteiger partial charge >= 0.3 is 0 Å². The first-order valence-corrected chi connectivity index (χ1v) is 15.7. The molecule has 0 aliphatic rings. The van der Waals surface area contributed by atoms with Gasteiger partial charge in [0.05, 0.1) is 45.4 Å². The first-order valence-electron chi connectivity index (χ1n) is 15.7. The topological polar surface area (TPSA) is 27.4 Å². The average Bonchev–Trinajstić information content (AvgIpc) is 3.79. The molecular weight excluding hydrogens is 574 g/mol. The summed E-state index contributed by atoms with van der Waals surface area (Å²) in [6.45, 7) is 8.32. The van der Waals surface area contributed by atoms with Gasteiger partial charge in [0.2, 0.25) is 5.69 Å². The molecule has 0 spiro atoms. The summed E-state index contributed by atoms with van der Waals surface area (Å²) in [5.74, 6) is 0. The van der Waals surface area contributed by atoms with Crippen molar-refractivity contribution in [3.8, 4) is 22.5 Å². The third-order valence-electron chi connectivity index (χ3n) is 9.55. The van der Waals surface area contributed by atoms with E-state index in [1.54, 1.807) is 0 Å². The summed E-state index contributed by atoms with van der Waals surface area (Å²) in [7, 11) is 0. The Hall–Kier alpha value is -6.57. The molecular formula is C43H25N3O. The maximum atomic E-state index is 8.32. The number of benzene rings is 7. The lowest BCUT2D eigenvalue weighted by Crippen LogP contribution is -1.98. The van der Waals surface area contributed by atoms with Crippen LogP contribution in [-0.4, -0.2) is 9.13 Å². The van der Waals surface area contributed by atoms with Crippen LogP contribution in [0, 0.1) is 6.57 Å². The summed E-state index contributed by atoms with van der Waals surface area (Å²) in [6, 6.07) is 52.8. The Balaban J connectivity index is 1.25. The molecule has 3 aromatic heterocycles. The molecule has 0 N–H and O–H groups in total. The number of fused-ring (bicyclic) bond motifs is 10. The van der Waals surface area contributed by atoms with Crippen LogP contribution in [0.3, 0.4) is 0 Å². The van der Waals surface area contributed by atoms with Crippen molar-refractivity contribution in [3.05, 3.63) is 163 Å². The average molecular weight is 600 g/mol. The van der Waals surface area contributed by atoms with Crippen LogP contribution < -0.4 is 0 Å². The Kier molecular flexibility index (Phi) is 5.32. The van der Waals surface area contributed by atoms with Crippen LogP contribution in [0.2, 0.25) is 0 Å². The van der Waals surface area contributed by atoms with E-state index in [1.807, 2.05) is 18.2 Å². The van der Waals surface area contributed by atoms with Crippen molar-refractivity contribution in [2.75, 3.05) is 0 Å². The minimum absolute atomic E-state index is 0.606. The van der Waals surface area contributed by atoms with Gasteiger partial charge in [-0.3, -0.25) is 0 Å². The lowest BCUT2D eigenvalue weighted by molar-refractivity contribution is 0.669. The van der Waals surface area contributed by atoms with Crippen molar-refractivity contribution in [2.24, 2.45) is 0 Å². The molecule has 0 aliphatic carbocycles. The van der Waals surface area contributed by atoms with Gasteiger partial charge in [-0.2, -0.15) is 0 Å². The maximum absolute atomic E-state index is 8.32. The van der Waals surface area contributed by atoms with E-state index >= 15 is 0 Å². The van der Waals surface area contributed by atoms with E-state index in [1.165, 1.54) is 21.5 Å². The van der Waals surface area contributed by atoms with E-state index in [4.69, 9.17) is 11.0 Å². The molecule has 3 heterocycles. The summed E-state index contributed by atoms with van der Waals surface area (Å²) in [6.07, 6.45) is 0. The van der Waals surface area contributed by atoms with Crippen LogP contribution in [0.1, 0.15) is 0 Å². The van der Waals surface area contributed by atoms with Gasteiger partial charge < -0.3 is 13.6 Å². The fraction of sp³-hybridized carbons (Fsp3) is 0. The Bertz CT molecular complexity index is 2880. The minimum atomic E-state index is 0.606. The summed E-state index contributed by atoms with van der Waals surface area (Å²) in [5.41, 5.74) is 10.8. The first-order chi connectivity index (χ1) is 23.3. The third-order valence-corrected chi connectivity index (χ3v) is 9.55. The maximum Gasteiger partial charge on any atom is 0.211 e. The Morgan fingerprint density at radius 2 is 1.06 bits per heavy atom. The van der Waals surface area contributed by atoms with Crippen molar-refractivity contribution in [2.45, 2.75) is 0 Å². The number of hydrogen-bond donors (Lipinski definition) is 0. The monoisotopic (exact) mass is 599 g/mol. The molecule has 10 aromatic rings. The predicted molar refractivity (Wildman–Crippen MR) is 194 cm³/mol. The molecule has 7 aromatic carbocycles. The second-order valence-corrected chi connectivity index (χ2v) is 12.0. The fourth-order valence-corrected chi connectivity index (χ4v) is 7.58. The van der Waals surface area contributed by atoms with Crippen LogP contribution in [-0.2, 0) is 0 Å². The highest BCUT2D eigenvalue weighted by atomic mass is 16.3. The van der Waals surface area contributed by atoms with E-state index in [-0.39, 0.29) is 0 Å². The molecule has 47 heavy (non-hydrogen) atoms. The number of hydrogen-bond acceptors (Lipinski definition) is 1. The van der Waals surface area contributed by atoms with Gasteiger partial charge in [-0.1, -0.05) is 97.1 Å². The van der Waals surface area contributed by atoms with Gasteiger partial charge in [0.15, 0.2) is 0 Å². The van der Waals surface area contributed by atoms with Crippen molar-refractivity contribution in [1.82, 2.24) is 9.13 Å². The Labute approximate surface area is 269 Å². The largest absolute Gasteiger partial charge is 0.456 e. The molecule has 0 saturated heterocycles. The number of para-hydroxylation sites is 5. The summed E-state index contributed by atoms with van der Waals surface area (Å²) in [4.78, 5) is 4.10. The SMILES string of the molecule is [C-]#[N+]c1cc(-c2ccccc2-n2c3ccccc3c3ccc4oc5ccccc5c4c32)ccc1-n1c2ccccc2c2ccccc21. The summed E-state index contributed by atoms with van der Waals surface area (Å²) >= 11 is 0. The highest BCUT2D eigenvalue weighted by molar-refractivity contribution is 6.24. The van der Waals surface area contributed by atoms with E-state index < -0.39 is 0 Å². The zero-order valence-electron chi connectivity index (χ0n) is 25.2. The van der Waals surface area contributed by atoms with Crippen LogP contribution in [0.4, 0.5) is 5.69 Å².